The van der Waals surface area contributed by atoms with Gasteiger partial charge in [0.05, 0.1) is 22.9 Å². The number of hydrogen-bond donors (Lipinski definition) is 1. The van der Waals surface area contributed by atoms with Gasteiger partial charge < -0.3 is 9.84 Å². The van der Waals surface area contributed by atoms with E-state index in [1.54, 1.807) is 24.3 Å². The summed E-state index contributed by atoms with van der Waals surface area (Å²) in [5.41, 5.74) is 0.381. The van der Waals surface area contributed by atoms with Crippen LogP contribution in [-0.4, -0.2) is 23.5 Å². The Morgan fingerprint density at radius 2 is 1.84 bits per heavy atom. The van der Waals surface area contributed by atoms with Crippen LogP contribution in [0.4, 0.5) is 5.69 Å². The van der Waals surface area contributed by atoms with Gasteiger partial charge in [-0.15, -0.1) is 0 Å². The smallest absolute Gasteiger partial charge is 0.301 e. The molecule has 2 aromatic carbocycles. The summed E-state index contributed by atoms with van der Waals surface area (Å²) >= 11 is 12.0. The minimum absolute atomic E-state index is 0.159. The molecule has 0 atom stereocenters. The molecule has 25 heavy (non-hydrogen) atoms. The van der Waals surface area contributed by atoms with E-state index >= 15 is 0 Å². The predicted molar refractivity (Wildman–Crippen MR) is 96.1 cm³/mol. The van der Waals surface area contributed by atoms with Crippen molar-refractivity contribution in [1.29, 1.82) is 0 Å². The summed E-state index contributed by atoms with van der Waals surface area (Å²) < 4.78 is 5.39. The summed E-state index contributed by atoms with van der Waals surface area (Å²) in [6.45, 7) is 2.27. The van der Waals surface area contributed by atoms with Crippen molar-refractivity contribution in [1.82, 2.24) is 0 Å². The van der Waals surface area contributed by atoms with Crippen LogP contribution in [0.25, 0.3) is 5.57 Å². The van der Waals surface area contributed by atoms with Gasteiger partial charge in [0.15, 0.2) is 5.76 Å². The van der Waals surface area contributed by atoms with E-state index < -0.39 is 17.6 Å². The number of carbonyl (C=O) groups excluding carboxylic acids is 2. The largest absolute Gasteiger partial charge is 0.502 e. The van der Waals surface area contributed by atoms with Crippen LogP contribution < -0.4 is 9.64 Å². The first-order chi connectivity index (χ1) is 11.9. The average Bonchev–Trinajstić information content (AvgIpc) is 2.78. The summed E-state index contributed by atoms with van der Waals surface area (Å²) in [7, 11) is 0. The molecule has 7 heteroatoms. The standard InChI is InChI=1S/C18H13Cl2NO4/c1-2-25-12-5-3-4-11(9-12)21-17(23)15(16(22)18(21)24)13-7-6-10(19)8-14(13)20/h3-9,22H,2H2,1H3. The second kappa shape index (κ2) is 6.78. The first kappa shape index (κ1) is 17.3. The summed E-state index contributed by atoms with van der Waals surface area (Å²) in [6.07, 6.45) is 0. The molecule has 0 bridgehead atoms. The maximum atomic E-state index is 12.8. The number of hydrogen-bond acceptors (Lipinski definition) is 4. The van der Waals surface area contributed by atoms with Gasteiger partial charge in [0, 0.05) is 16.7 Å². The third-order valence-corrected chi connectivity index (χ3v) is 4.19. The highest BCUT2D eigenvalue weighted by Gasteiger charge is 2.41. The molecular weight excluding hydrogens is 365 g/mol. The lowest BCUT2D eigenvalue weighted by atomic mass is 10.1. The summed E-state index contributed by atoms with van der Waals surface area (Å²) in [6, 6.07) is 11.0. The third kappa shape index (κ3) is 3.08. The highest BCUT2D eigenvalue weighted by Crippen LogP contribution is 2.36. The number of benzene rings is 2. The number of nitrogens with zero attached hydrogens (tertiary/aromatic N) is 1. The van der Waals surface area contributed by atoms with Crippen LogP contribution >= 0.6 is 23.2 Å². The monoisotopic (exact) mass is 377 g/mol. The van der Waals surface area contributed by atoms with Crippen molar-refractivity contribution in [2.75, 3.05) is 11.5 Å². The van der Waals surface area contributed by atoms with E-state index in [-0.39, 0.29) is 16.2 Å². The number of aliphatic hydroxyl groups excluding tert-OH is 1. The second-order valence-electron chi connectivity index (χ2n) is 5.22. The first-order valence-corrected chi connectivity index (χ1v) is 8.20. The van der Waals surface area contributed by atoms with Crippen molar-refractivity contribution in [3.05, 3.63) is 63.8 Å². The van der Waals surface area contributed by atoms with Crippen molar-refractivity contribution >= 4 is 46.3 Å². The van der Waals surface area contributed by atoms with Gasteiger partial charge in [0.2, 0.25) is 0 Å². The fourth-order valence-corrected chi connectivity index (χ4v) is 3.07. The number of rotatable bonds is 4. The van der Waals surface area contributed by atoms with E-state index in [2.05, 4.69) is 0 Å². The van der Waals surface area contributed by atoms with E-state index in [1.165, 1.54) is 18.2 Å². The van der Waals surface area contributed by atoms with Gasteiger partial charge in [-0.1, -0.05) is 35.3 Å². The Labute approximate surface area is 154 Å². The second-order valence-corrected chi connectivity index (χ2v) is 6.07. The molecular formula is C18H13Cl2NO4. The predicted octanol–water partition coefficient (Wildman–Crippen LogP) is 4.23. The van der Waals surface area contributed by atoms with E-state index in [1.807, 2.05) is 6.92 Å². The number of halogens is 2. The number of amides is 2. The Morgan fingerprint density at radius 3 is 2.52 bits per heavy atom. The van der Waals surface area contributed by atoms with Gasteiger partial charge in [0.1, 0.15) is 5.75 Å². The summed E-state index contributed by atoms with van der Waals surface area (Å²) in [4.78, 5) is 26.1. The Balaban J connectivity index is 2.03. The summed E-state index contributed by atoms with van der Waals surface area (Å²) in [5.74, 6) is -1.63. The first-order valence-electron chi connectivity index (χ1n) is 7.44. The van der Waals surface area contributed by atoms with Gasteiger partial charge in [0.25, 0.3) is 5.91 Å². The number of imide groups is 1. The molecule has 1 N–H and O–H groups in total. The summed E-state index contributed by atoms with van der Waals surface area (Å²) in [5, 5.41) is 10.8. The molecule has 128 valence electrons. The Kier molecular flexibility index (Phi) is 4.70. The molecule has 2 aromatic rings. The molecule has 0 spiro atoms. The average molecular weight is 378 g/mol. The zero-order valence-corrected chi connectivity index (χ0v) is 14.6. The molecule has 0 saturated carbocycles. The zero-order chi connectivity index (χ0) is 18.1. The third-order valence-electron chi connectivity index (χ3n) is 3.65. The molecule has 3 rings (SSSR count). The molecule has 0 radical (unpaired) electrons. The van der Waals surface area contributed by atoms with E-state index in [9.17, 15) is 14.7 Å². The van der Waals surface area contributed by atoms with E-state index in [0.717, 1.165) is 4.90 Å². The number of aliphatic hydroxyl groups is 1. The van der Waals surface area contributed by atoms with Crippen LogP contribution in [-0.2, 0) is 9.59 Å². The molecule has 0 unspecified atom stereocenters. The van der Waals surface area contributed by atoms with Crippen LogP contribution in [0.5, 0.6) is 5.75 Å². The van der Waals surface area contributed by atoms with Crippen molar-refractivity contribution in [3.8, 4) is 5.75 Å². The number of anilines is 1. The zero-order valence-electron chi connectivity index (χ0n) is 13.1. The highest BCUT2D eigenvalue weighted by atomic mass is 35.5. The van der Waals surface area contributed by atoms with Crippen LogP contribution in [0.15, 0.2) is 48.2 Å². The molecule has 1 heterocycles. The van der Waals surface area contributed by atoms with Crippen molar-refractivity contribution < 1.29 is 19.4 Å². The highest BCUT2D eigenvalue weighted by molar-refractivity contribution is 6.47. The Morgan fingerprint density at radius 1 is 1.08 bits per heavy atom. The van der Waals surface area contributed by atoms with Crippen molar-refractivity contribution in [3.63, 3.8) is 0 Å². The minimum Gasteiger partial charge on any atom is -0.502 e. The molecule has 0 aliphatic carbocycles. The van der Waals surface area contributed by atoms with Crippen LogP contribution in [0.3, 0.4) is 0 Å². The van der Waals surface area contributed by atoms with Crippen LogP contribution in [0.1, 0.15) is 12.5 Å². The lowest BCUT2D eigenvalue weighted by Gasteiger charge is -2.16. The Hall–Kier alpha value is -2.50. The molecule has 0 aromatic heterocycles. The lowest BCUT2D eigenvalue weighted by molar-refractivity contribution is -0.121. The number of carbonyl (C=O) groups is 2. The van der Waals surface area contributed by atoms with Gasteiger partial charge >= 0.3 is 5.91 Å². The molecule has 0 saturated heterocycles. The molecule has 1 aliphatic rings. The van der Waals surface area contributed by atoms with E-state index in [0.29, 0.717) is 23.1 Å². The maximum absolute atomic E-state index is 12.8. The molecule has 2 amide bonds. The van der Waals surface area contributed by atoms with Crippen LogP contribution in [0.2, 0.25) is 10.0 Å². The molecule has 0 fully saturated rings. The van der Waals surface area contributed by atoms with Gasteiger partial charge in [-0.25, -0.2) is 4.90 Å². The topological polar surface area (TPSA) is 66.8 Å². The van der Waals surface area contributed by atoms with Gasteiger partial charge in [-0.2, -0.15) is 0 Å². The Bertz CT molecular complexity index is 908. The fourth-order valence-electron chi connectivity index (χ4n) is 2.57. The van der Waals surface area contributed by atoms with Crippen molar-refractivity contribution in [2.24, 2.45) is 0 Å². The normalized spacial score (nSPS) is 14.4. The molecule has 5 nitrogen and oxygen atoms in total. The van der Waals surface area contributed by atoms with Crippen molar-refractivity contribution in [2.45, 2.75) is 6.92 Å². The fraction of sp³-hybridized carbons (Fsp3) is 0.111. The van der Waals surface area contributed by atoms with E-state index in [4.69, 9.17) is 27.9 Å². The quantitative estimate of drug-likeness (QED) is 0.809. The van der Waals surface area contributed by atoms with Crippen LogP contribution in [0, 0.1) is 0 Å². The van der Waals surface area contributed by atoms with Gasteiger partial charge in [-0.05, 0) is 31.2 Å². The lowest BCUT2D eigenvalue weighted by Crippen LogP contribution is -2.31. The van der Waals surface area contributed by atoms with Gasteiger partial charge in [-0.3, -0.25) is 9.59 Å². The minimum atomic E-state index is -0.820. The number of ether oxygens (including phenoxy) is 1. The maximum Gasteiger partial charge on any atom is 0.301 e. The molecule has 1 aliphatic heterocycles. The SMILES string of the molecule is CCOc1cccc(N2C(=O)C(O)=C(c3ccc(Cl)cc3Cl)C2=O)c1.